The number of rotatable bonds is 9. The highest BCUT2D eigenvalue weighted by atomic mass is 32.2. The van der Waals surface area contributed by atoms with Gasteiger partial charge in [-0.2, -0.15) is 0 Å². The SMILES string of the molecule is COCCCn1c(=O)c2ccccc2n2c(SCC(=O)NC(=O)NCc3cccs3)nnc12. The highest BCUT2D eigenvalue weighted by Gasteiger charge is 2.18. The molecular formula is C21H22N6O4S2. The molecule has 0 spiro atoms. The highest BCUT2D eigenvalue weighted by Crippen LogP contribution is 2.21. The van der Waals surface area contributed by atoms with Crippen molar-refractivity contribution in [3.8, 4) is 0 Å². The molecule has 3 aromatic heterocycles. The van der Waals surface area contributed by atoms with Gasteiger partial charge in [0.2, 0.25) is 11.7 Å². The summed E-state index contributed by atoms with van der Waals surface area (Å²) in [5.74, 6) is -0.103. The Bertz CT molecular complexity index is 1330. The number of para-hydroxylation sites is 1. The summed E-state index contributed by atoms with van der Waals surface area (Å²) in [6.45, 7) is 1.29. The van der Waals surface area contributed by atoms with Crippen molar-refractivity contribution in [2.45, 2.75) is 24.7 Å². The van der Waals surface area contributed by atoms with E-state index in [0.717, 1.165) is 16.6 Å². The van der Waals surface area contributed by atoms with Crippen molar-refractivity contribution < 1.29 is 14.3 Å². The van der Waals surface area contributed by atoms with Gasteiger partial charge in [0.15, 0.2) is 5.16 Å². The van der Waals surface area contributed by atoms with Crippen LogP contribution in [0, 0.1) is 0 Å². The van der Waals surface area contributed by atoms with Gasteiger partial charge in [-0.15, -0.1) is 21.5 Å². The molecule has 0 bridgehead atoms. The smallest absolute Gasteiger partial charge is 0.321 e. The zero-order valence-corrected chi connectivity index (χ0v) is 19.4. The van der Waals surface area contributed by atoms with E-state index < -0.39 is 11.9 Å². The van der Waals surface area contributed by atoms with Crippen LogP contribution in [0.1, 0.15) is 11.3 Å². The molecule has 172 valence electrons. The first-order valence-corrected chi connectivity index (χ1v) is 12.0. The minimum absolute atomic E-state index is 0.0374. The summed E-state index contributed by atoms with van der Waals surface area (Å²) in [6.07, 6.45) is 0.642. The number of carbonyl (C=O) groups is 2. The number of carbonyl (C=O) groups excluding carboxylic acids is 2. The molecule has 0 unspecified atom stereocenters. The number of imide groups is 1. The highest BCUT2D eigenvalue weighted by molar-refractivity contribution is 7.99. The average molecular weight is 487 g/mol. The van der Waals surface area contributed by atoms with Crippen molar-refractivity contribution in [1.29, 1.82) is 0 Å². The van der Waals surface area contributed by atoms with Gasteiger partial charge < -0.3 is 10.1 Å². The molecule has 1 aromatic carbocycles. The van der Waals surface area contributed by atoms with Gasteiger partial charge in [-0.3, -0.25) is 23.9 Å². The van der Waals surface area contributed by atoms with Gasteiger partial charge in [0.25, 0.3) is 5.56 Å². The molecule has 0 saturated carbocycles. The lowest BCUT2D eigenvalue weighted by Crippen LogP contribution is -2.39. The number of fused-ring (bicyclic) bond motifs is 3. The number of amides is 3. The molecule has 12 heteroatoms. The number of methoxy groups -OCH3 is 1. The maximum atomic E-state index is 13.0. The van der Waals surface area contributed by atoms with Gasteiger partial charge in [0.05, 0.1) is 23.2 Å². The van der Waals surface area contributed by atoms with Crippen LogP contribution in [0.4, 0.5) is 4.79 Å². The molecule has 2 N–H and O–H groups in total. The minimum atomic E-state index is -0.558. The van der Waals surface area contributed by atoms with Gasteiger partial charge in [0, 0.05) is 25.1 Å². The van der Waals surface area contributed by atoms with Crippen molar-refractivity contribution >= 4 is 51.7 Å². The Labute approximate surface area is 197 Å². The van der Waals surface area contributed by atoms with E-state index in [0.29, 0.717) is 48.0 Å². The minimum Gasteiger partial charge on any atom is -0.385 e. The van der Waals surface area contributed by atoms with Crippen molar-refractivity contribution in [2.75, 3.05) is 19.5 Å². The number of thioether (sulfide) groups is 1. The molecule has 0 aliphatic carbocycles. The predicted octanol–water partition coefficient (Wildman–Crippen LogP) is 2.26. The van der Waals surface area contributed by atoms with Gasteiger partial charge >= 0.3 is 6.03 Å². The third-order valence-electron chi connectivity index (χ3n) is 4.80. The number of nitrogens with one attached hydrogen (secondary N) is 2. The van der Waals surface area contributed by atoms with E-state index in [9.17, 15) is 14.4 Å². The first-order chi connectivity index (χ1) is 16.1. The van der Waals surface area contributed by atoms with Gasteiger partial charge in [-0.1, -0.05) is 30.0 Å². The average Bonchev–Trinajstić information content (AvgIpc) is 3.49. The second kappa shape index (κ2) is 10.6. The second-order valence-electron chi connectivity index (χ2n) is 7.04. The number of urea groups is 1. The fourth-order valence-corrected chi connectivity index (χ4v) is 4.70. The molecule has 3 heterocycles. The summed E-state index contributed by atoms with van der Waals surface area (Å²) in [6, 6.07) is 10.4. The molecule has 0 radical (unpaired) electrons. The number of aryl methyl sites for hydroxylation is 1. The van der Waals surface area contributed by atoms with Crippen LogP contribution in [0.5, 0.6) is 0 Å². The first-order valence-electron chi connectivity index (χ1n) is 10.2. The van der Waals surface area contributed by atoms with Crippen LogP contribution in [0.15, 0.2) is 51.7 Å². The number of hydrogen-bond acceptors (Lipinski definition) is 8. The summed E-state index contributed by atoms with van der Waals surface area (Å²) >= 11 is 2.66. The van der Waals surface area contributed by atoms with E-state index in [1.165, 1.54) is 11.3 Å². The Balaban J connectivity index is 1.50. The topological polar surface area (TPSA) is 120 Å². The maximum Gasteiger partial charge on any atom is 0.321 e. The van der Waals surface area contributed by atoms with Crippen molar-refractivity contribution in [3.05, 3.63) is 57.0 Å². The van der Waals surface area contributed by atoms with Crippen molar-refractivity contribution in [1.82, 2.24) is 29.8 Å². The van der Waals surface area contributed by atoms with Gasteiger partial charge in [-0.05, 0) is 30.0 Å². The van der Waals surface area contributed by atoms with E-state index in [1.54, 1.807) is 28.2 Å². The number of benzene rings is 1. The zero-order chi connectivity index (χ0) is 23.2. The molecule has 0 aliphatic rings. The van der Waals surface area contributed by atoms with E-state index in [2.05, 4.69) is 20.8 Å². The first kappa shape index (κ1) is 23.0. The van der Waals surface area contributed by atoms with Gasteiger partial charge in [-0.25, -0.2) is 4.79 Å². The van der Waals surface area contributed by atoms with Crippen LogP contribution in [0.25, 0.3) is 16.7 Å². The van der Waals surface area contributed by atoms with Crippen LogP contribution in [-0.2, 0) is 22.6 Å². The van der Waals surface area contributed by atoms with Crippen molar-refractivity contribution in [2.24, 2.45) is 0 Å². The number of ether oxygens (including phenoxy) is 1. The largest absolute Gasteiger partial charge is 0.385 e. The Morgan fingerprint density at radius 1 is 1.18 bits per heavy atom. The lowest BCUT2D eigenvalue weighted by molar-refractivity contribution is -0.117. The summed E-state index contributed by atoms with van der Waals surface area (Å²) in [4.78, 5) is 38.3. The van der Waals surface area contributed by atoms with Crippen LogP contribution in [0.2, 0.25) is 0 Å². The van der Waals surface area contributed by atoms with Crippen LogP contribution >= 0.6 is 23.1 Å². The maximum absolute atomic E-state index is 13.0. The van der Waals surface area contributed by atoms with Crippen LogP contribution in [-0.4, -0.2) is 50.6 Å². The third kappa shape index (κ3) is 5.24. The molecule has 10 nitrogen and oxygen atoms in total. The standard InChI is InChI=1S/C21H22N6O4S2/c1-31-10-5-9-26-18(29)15-7-2-3-8-16(15)27-20(26)24-25-21(27)33-13-17(28)23-19(30)22-12-14-6-4-11-32-14/h2-4,6-8,11H,5,9-10,12-13H2,1H3,(H2,22,23,28,30). The summed E-state index contributed by atoms with van der Waals surface area (Å²) in [5.41, 5.74) is 0.500. The molecule has 0 aliphatic heterocycles. The summed E-state index contributed by atoms with van der Waals surface area (Å²) < 4.78 is 8.43. The monoisotopic (exact) mass is 486 g/mol. The van der Waals surface area contributed by atoms with Crippen LogP contribution < -0.4 is 16.2 Å². The zero-order valence-electron chi connectivity index (χ0n) is 17.8. The Morgan fingerprint density at radius 3 is 2.82 bits per heavy atom. The summed E-state index contributed by atoms with van der Waals surface area (Å²) in [5, 5.41) is 16.3. The van der Waals surface area contributed by atoms with E-state index in [-0.39, 0.29) is 11.3 Å². The fourth-order valence-electron chi connectivity index (χ4n) is 3.31. The Kier molecular flexibility index (Phi) is 7.37. The quantitative estimate of drug-likeness (QED) is 0.275. The number of thiophene rings is 1. The predicted molar refractivity (Wildman–Crippen MR) is 127 cm³/mol. The molecule has 0 fully saturated rings. The fraction of sp³-hybridized carbons (Fsp3) is 0.286. The molecular weight excluding hydrogens is 464 g/mol. The normalized spacial score (nSPS) is 11.2. The Hall–Kier alpha value is -3.22. The summed E-state index contributed by atoms with van der Waals surface area (Å²) in [7, 11) is 1.61. The molecule has 0 atom stereocenters. The molecule has 33 heavy (non-hydrogen) atoms. The number of nitrogens with zero attached hydrogens (tertiary/aromatic N) is 4. The van der Waals surface area contributed by atoms with Crippen LogP contribution in [0.3, 0.4) is 0 Å². The third-order valence-corrected chi connectivity index (χ3v) is 6.60. The molecule has 4 aromatic rings. The van der Waals surface area contributed by atoms with E-state index >= 15 is 0 Å². The molecule has 3 amide bonds. The lowest BCUT2D eigenvalue weighted by Gasteiger charge is -2.11. The second-order valence-corrected chi connectivity index (χ2v) is 9.01. The number of hydrogen-bond donors (Lipinski definition) is 2. The Morgan fingerprint density at radius 2 is 2.03 bits per heavy atom. The van der Waals surface area contributed by atoms with E-state index in [1.807, 2.05) is 29.6 Å². The van der Waals surface area contributed by atoms with Crippen molar-refractivity contribution in [3.63, 3.8) is 0 Å². The molecule has 0 saturated heterocycles. The lowest BCUT2D eigenvalue weighted by atomic mass is 10.2. The number of aromatic nitrogens is 4. The van der Waals surface area contributed by atoms with E-state index in [4.69, 9.17) is 4.74 Å². The molecule has 4 rings (SSSR count). The van der Waals surface area contributed by atoms with Gasteiger partial charge in [0.1, 0.15) is 0 Å².